The van der Waals surface area contributed by atoms with Crippen LogP contribution < -0.4 is 4.74 Å². The summed E-state index contributed by atoms with van der Waals surface area (Å²) in [6.07, 6.45) is 0.333. The Bertz CT molecular complexity index is 600. The van der Waals surface area contributed by atoms with Crippen molar-refractivity contribution in [2.75, 3.05) is 13.1 Å². The van der Waals surface area contributed by atoms with Crippen molar-refractivity contribution in [2.45, 2.75) is 38.9 Å². The molecule has 2 rings (SSSR count). The summed E-state index contributed by atoms with van der Waals surface area (Å²) in [5.74, 6) is -0.289. The van der Waals surface area contributed by atoms with Gasteiger partial charge < -0.3 is 14.4 Å². The fourth-order valence-corrected chi connectivity index (χ4v) is 2.38. The van der Waals surface area contributed by atoms with Crippen LogP contribution in [-0.2, 0) is 14.3 Å². The first-order valence-electron chi connectivity index (χ1n) is 7.67. The van der Waals surface area contributed by atoms with Crippen LogP contribution in [0.1, 0.15) is 32.3 Å². The van der Waals surface area contributed by atoms with E-state index >= 15 is 0 Å². The number of amides is 1. The summed E-state index contributed by atoms with van der Waals surface area (Å²) in [7, 11) is 0. The SMILES string of the molecule is C[C@H](OC(=O)[C@@H](C)Oc1ccc(C#N)cc1)C(=O)N1CCCC1. The van der Waals surface area contributed by atoms with E-state index in [4.69, 9.17) is 14.7 Å². The van der Waals surface area contributed by atoms with Crippen LogP contribution in [0.5, 0.6) is 5.75 Å². The Morgan fingerprint density at radius 3 is 2.30 bits per heavy atom. The first kappa shape index (κ1) is 16.8. The van der Waals surface area contributed by atoms with Gasteiger partial charge in [-0.25, -0.2) is 4.79 Å². The minimum atomic E-state index is -0.836. The van der Waals surface area contributed by atoms with E-state index in [2.05, 4.69) is 0 Å². The summed E-state index contributed by atoms with van der Waals surface area (Å²) in [5, 5.41) is 8.74. The number of esters is 1. The Balaban J connectivity index is 1.86. The molecule has 1 aliphatic heterocycles. The average Bonchev–Trinajstić information content (AvgIpc) is 3.09. The van der Waals surface area contributed by atoms with Gasteiger partial charge in [0.15, 0.2) is 12.2 Å². The molecule has 0 saturated carbocycles. The molecule has 6 nitrogen and oxygen atoms in total. The maximum absolute atomic E-state index is 12.1. The average molecular weight is 316 g/mol. The predicted octanol–water partition coefficient (Wildman–Crippen LogP) is 1.88. The van der Waals surface area contributed by atoms with Crippen LogP contribution in [0.4, 0.5) is 0 Å². The summed E-state index contributed by atoms with van der Waals surface area (Å²) < 4.78 is 10.7. The normalized spacial score (nSPS) is 16.3. The Kier molecular flexibility index (Phi) is 5.58. The zero-order chi connectivity index (χ0) is 16.8. The monoisotopic (exact) mass is 316 g/mol. The van der Waals surface area contributed by atoms with Crippen LogP contribution in [0.15, 0.2) is 24.3 Å². The van der Waals surface area contributed by atoms with E-state index in [0.717, 1.165) is 25.9 Å². The quantitative estimate of drug-likeness (QED) is 0.775. The van der Waals surface area contributed by atoms with Gasteiger partial charge in [-0.2, -0.15) is 5.26 Å². The highest BCUT2D eigenvalue weighted by molar-refractivity contribution is 5.84. The largest absolute Gasteiger partial charge is 0.479 e. The van der Waals surface area contributed by atoms with Gasteiger partial charge in [0.1, 0.15) is 5.75 Å². The molecule has 1 heterocycles. The number of carbonyl (C=O) groups excluding carboxylic acids is 2. The number of nitrogens with zero attached hydrogens (tertiary/aromatic N) is 2. The zero-order valence-corrected chi connectivity index (χ0v) is 13.3. The minimum Gasteiger partial charge on any atom is -0.479 e. The van der Waals surface area contributed by atoms with Gasteiger partial charge in [-0.1, -0.05) is 0 Å². The van der Waals surface area contributed by atoms with Crippen LogP contribution in [-0.4, -0.2) is 42.1 Å². The summed E-state index contributed by atoms with van der Waals surface area (Å²) in [4.78, 5) is 25.9. The van der Waals surface area contributed by atoms with E-state index in [1.807, 2.05) is 6.07 Å². The number of hydrogen-bond donors (Lipinski definition) is 0. The summed E-state index contributed by atoms with van der Waals surface area (Å²) in [6.45, 7) is 4.58. The molecule has 1 aromatic carbocycles. The fraction of sp³-hybridized carbons (Fsp3) is 0.471. The van der Waals surface area contributed by atoms with Crippen molar-refractivity contribution >= 4 is 11.9 Å². The smallest absolute Gasteiger partial charge is 0.347 e. The molecule has 2 atom stereocenters. The molecule has 0 aromatic heterocycles. The lowest BCUT2D eigenvalue weighted by atomic mass is 10.2. The maximum atomic E-state index is 12.1. The van der Waals surface area contributed by atoms with Crippen LogP contribution >= 0.6 is 0 Å². The van der Waals surface area contributed by atoms with E-state index in [0.29, 0.717) is 11.3 Å². The van der Waals surface area contributed by atoms with Crippen molar-refractivity contribution in [1.29, 1.82) is 5.26 Å². The van der Waals surface area contributed by atoms with Gasteiger partial charge in [-0.3, -0.25) is 4.79 Å². The Morgan fingerprint density at radius 1 is 1.13 bits per heavy atom. The molecule has 1 saturated heterocycles. The van der Waals surface area contributed by atoms with E-state index < -0.39 is 18.2 Å². The highest BCUT2D eigenvalue weighted by atomic mass is 16.6. The van der Waals surface area contributed by atoms with Crippen molar-refractivity contribution in [3.05, 3.63) is 29.8 Å². The Labute approximate surface area is 135 Å². The molecule has 1 fully saturated rings. The standard InChI is InChI=1S/C17H20N2O4/c1-12(16(20)19-9-3-4-10-19)23-17(21)13(2)22-15-7-5-14(11-18)6-8-15/h5-8,12-13H,3-4,9-10H2,1-2H3/t12-,13+/m0/s1. The first-order valence-corrected chi connectivity index (χ1v) is 7.67. The van der Waals surface area contributed by atoms with E-state index in [1.165, 1.54) is 0 Å². The highest BCUT2D eigenvalue weighted by Crippen LogP contribution is 2.15. The molecule has 23 heavy (non-hydrogen) atoms. The summed E-state index contributed by atoms with van der Waals surface area (Å²) in [5.41, 5.74) is 0.511. The third kappa shape index (κ3) is 4.46. The minimum absolute atomic E-state index is 0.165. The van der Waals surface area contributed by atoms with Crippen LogP contribution in [0, 0.1) is 11.3 Å². The van der Waals surface area contributed by atoms with Crippen molar-refractivity contribution in [3.8, 4) is 11.8 Å². The second-order valence-electron chi connectivity index (χ2n) is 5.51. The van der Waals surface area contributed by atoms with Crippen molar-refractivity contribution < 1.29 is 19.1 Å². The molecule has 1 amide bonds. The molecule has 0 spiro atoms. The number of benzene rings is 1. The van der Waals surface area contributed by atoms with Crippen LogP contribution in [0.2, 0.25) is 0 Å². The summed E-state index contributed by atoms with van der Waals surface area (Å²) >= 11 is 0. The molecule has 0 unspecified atom stereocenters. The van der Waals surface area contributed by atoms with Gasteiger partial charge in [0.2, 0.25) is 0 Å². The van der Waals surface area contributed by atoms with E-state index in [1.54, 1.807) is 43.0 Å². The van der Waals surface area contributed by atoms with Crippen molar-refractivity contribution in [1.82, 2.24) is 4.90 Å². The number of hydrogen-bond acceptors (Lipinski definition) is 5. The fourth-order valence-electron chi connectivity index (χ4n) is 2.38. The van der Waals surface area contributed by atoms with Gasteiger partial charge in [-0.05, 0) is 51.0 Å². The highest BCUT2D eigenvalue weighted by Gasteiger charge is 2.28. The maximum Gasteiger partial charge on any atom is 0.347 e. The topological polar surface area (TPSA) is 79.6 Å². The number of nitriles is 1. The van der Waals surface area contributed by atoms with Gasteiger partial charge in [0.25, 0.3) is 5.91 Å². The van der Waals surface area contributed by atoms with Gasteiger partial charge in [0.05, 0.1) is 11.6 Å². The second kappa shape index (κ2) is 7.63. The molecule has 0 radical (unpaired) electrons. The lowest BCUT2D eigenvalue weighted by Crippen LogP contribution is -2.40. The first-order chi connectivity index (χ1) is 11.0. The van der Waals surface area contributed by atoms with Crippen molar-refractivity contribution in [2.24, 2.45) is 0 Å². The van der Waals surface area contributed by atoms with Gasteiger partial charge in [-0.15, -0.1) is 0 Å². The zero-order valence-electron chi connectivity index (χ0n) is 13.3. The van der Waals surface area contributed by atoms with E-state index in [-0.39, 0.29) is 5.91 Å². The number of ether oxygens (including phenoxy) is 2. The Hall–Kier alpha value is -2.55. The molecule has 1 aliphatic rings. The predicted molar refractivity (Wildman–Crippen MR) is 82.6 cm³/mol. The van der Waals surface area contributed by atoms with Crippen molar-refractivity contribution in [3.63, 3.8) is 0 Å². The van der Waals surface area contributed by atoms with Crippen LogP contribution in [0.25, 0.3) is 0 Å². The third-order valence-corrected chi connectivity index (χ3v) is 3.69. The van der Waals surface area contributed by atoms with E-state index in [9.17, 15) is 9.59 Å². The molecule has 122 valence electrons. The number of carbonyl (C=O) groups is 2. The van der Waals surface area contributed by atoms with Gasteiger partial charge >= 0.3 is 5.97 Å². The molecule has 0 aliphatic carbocycles. The molecule has 0 bridgehead atoms. The molecule has 6 heteroatoms. The lowest BCUT2D eigenvalue weighted by molar-refractivity contribution is -0.163. The summed E-state index contributed by atoms with van der Waals surface area (Å²) in [6, 6.07) is 8.44. The second-order valence-corrected chi connectivity index (χ2v) is 5.51. The molecule has 0 N–H and O–H groups in total. The van der Waals surface area contributed by atoms with Crippen LogP contribution in [0.3, 0.4) is 0 Å². The Morgan fingerprint density at radius 2 is 1.74 bits per heavy atom. The third-order valence-electron chi connectivity index (χ3n) is 3.69. The van der Waals surface area contributed by atoms with Gasteiger partial charge in [0, 0.05) is 13.1 Å². The number of rotatable bonds is 5. The molecule has 1 aromatic rings. The lowest BCUT2D eigenvalue weighted by Gasteiger charge is -2.22. The number of likely N-dealkylation sites (tertiary alicyclic amines) is 1. The molecular weight excluding hydrogens is 296 g/mol. The molecular formula is C17H20N2O4.